The molecule has 0 unspecified atom stereocenters. The van der Waals surface area contributed by atoms with Gasteiger partial charge in [-0.15, -0.1) is 0 Å². The molecule has 1 aliphatic rings. The van der Waals surface area contributed by atoms with Gasteiger partial charge in [0.05, 0.1) is 11.5 Å². The molecule has 0 bridgehead atoms. The van der Waals surface area contributed by atoms with E-state index in [0.717, 1.165) is 33.7 Å². The molecule has 3 rings (SSSR count). The Balaban J connectivity index is 1.69. The fourth-order valence-corrected chi connectivity index (χ4v) is 4.57. The zero-order valence-corrected chi connectivity index (χ0v) is 19.1. The smallest absolute Gasteiger partial charge is 0.266 e. The van der Waals surface area contributed by atoms with E-state index < -0.39 is 0 Å². The van der Waals surface area contributed by atoms with Gasteiger partial charge in [-0.05, 0) is 62.6 Å². The Kier molecular flexibility index (Phi) is 6.95. The Morgan fingerprint density at radius 2 is 1.80 bits per heavy atom. The SMILES string of the molecule is CCOc1ccc(C=C2SC(=S)N(CC(=O)Nc3c(C)cc(C)cc3C)C2=O)cc1. The van der Waals surface area contributed by atoms with Crippen molar-refractivity contribution in [1.82, 2.24) is 4.90 Å². The second-order valence-electron chi connectivity index (χ2n) is 7.09. The van der Waals surface area contributed by atoms with Gasteiger partial charge in [0.2, 0.25) is 5.91 Å². The number of hydrogen-bond acceptors (Lipinski definition) is 5. The maximum Gasteiger partial charge on any atom is 0.266 e. The summed E-state index contributed by atoms with van der Waals surface area (Å²) in [6, 6.07) is 11.5. The van der Waals surface area contributed by atoms with Crippen molar-refractivity contribution in [1.29, 1.82) is 0 Å². The number of thiocarbonyl (C=S) groups is 1. The molecule has 1 heterocycles. The van der Waals surface area contributed by atoms with Gasteiger partial charge < -0.3 is 10.1 Å². The van der Waals surface area contributed by atoms with Crippen LogP contribution < -0.4 is 10.1 Å². The van der Waals surface area contributed by atoms with Gasteiger partial charge in [0.1, 0.15) is 16.6 Å². The number of anilines is 1. The second-order valence-corrected chi connectivity index (χ2v) is 8.77. The van der Waals surface area contributed by atoms with Crippen LogP contribution in [0.2, 0.25) is 0 Å². The highest BCUT2D eigenvalue weighted by molar-refractivity contribution is 8.26. The van der Waals surface area contributed by atoms with Gasteiger partial charge in [-0.25, -0.2) is 0 Å². The van der Waals surface area contributed by atoms with E-state index in [2.05, 4.69) is 5.32 Å². The van der Waals surface area contributed by atoms with E-state index in [9.17, 15) is 9.59 Å². The molecule has 0 atom stereocenters. The first-order valence-electron chi connectivity index (χ1n) is 9.64. The molecular formula is C23H24N2O3S2. The minimum absolute atomic E-state index is 0.113. The number of aryl methyl sites for hydroxylation is 3. The molecule has 0 radical (unpaired) electrons. The summed E-state index contributed by atoms with van der Waals surface area (Å²) < 4.78 is 5.81. The number of ether oxygens (including phenoxy) is 1. The van der Waals surface area contributed by atoms with Crippen LogP contribution in [0.15, 0.2) is 41.3 Å². The Labute approximate surface area is 186 Å². The van der Waals surface area contributed by atoms with Crippen LogP contribution in [-0.4, -0.2) is 34.2 Å². The summed E-state index contributed by atoms with van der Waals surface area (Å²) in [4.78, 5) is 27.2. The number of nitrogens with zero attached hydrogens (tertiary/aromatic N) is 1. The third-order valence-electron chi connectivity index (χ3n) is 4.61. The lowest BCUT2D eigenvalue weighted by Gasteiger charge is -2.17. The summed E-state index contributed by atoms with van der Waals surface area (Å²) in [5.41, 5.74) is 4.76. The number of thioether (sulfide) groups is 1. The Morgan fingerprint density at radius 3 is 2.40 bits per heavy atom. The van der Waals surface area contributed by atoms with Crippen LogP contribution in [0.5, 0.6) is 5.75 Å². The van der Waals surface area contributed by atoms with E-state index in [1.807, 2.05) is 64.1 Å². The number of carbonyl (C=O) groups excluding carboxylic acids is 2. The average Bonchev–Trinajstić information content (AvgIpc) is 2.94. The van der Waals surface area contributed by atoms with Crippen molar-refractivity contribution in [3.05, 3.63) is 63.6 Å². The van der Waals surface area contributed by atoms with Crippen LogP contribution in [0, 0.1) is 20.8 Å². The van der Waals surface area contributed by atoms with E-state index in [0.29, 0.717) is 15.8 Å². The first-order valence-corrected chi connectivity index (χ1v) is 10.9. The lowest BCUT2D eigenvalue weighted by atomic mass is 10.1. The molecule has 1 N–H and O–H groups in total. The van der Waals surface area contributed by atoms with E-state index in [1.165, 1.54) is 16.7 Å². The van der Waals surface area contributed by atoms with Crippen molar-refractivity contribution in [3.63, 3.8) is 0 Å². The summed E-state index contributed by atoms with van der Waals surface area (Å²) >= 11 is 6.55. The topological polar surface area (TPSA) is 58.6 Å². The van der Waals surface area contributed by atoms with Crippen LogP contribution in [0.1, 0.15) is 29.2 Å². The Bertz CT molecular complexity index is 1010. The molecular weight excluding hydrogens is 416 g/mol. The van der Waals surface area contributed by atoms with E-state index in [4.69, 9.17) is 17.0 Å². The van der Waals surface area contributed by atoms with E-state index in [-0.39, 0.29) is 18.4 Å². The molecule has 2 aromatic rings. The van der Waals surface area contributed by atoms with Crippen LogP contribution in [0.3, 0.4) is 0 Å². The number of nitrogens with one attached hydrogen (secondary N) is 1. The highest BCUT2D eigenvalue weighted by Crippen LogP contribution is 2.33. The van der Waals surface area contributed by atoms with Crippen molar-refractivity contribution in [2.75, 3.05) is 18.5 Å². The van der Waals surface area contributed by atoms with Gasteiger partial charge in [0.15, 0.2) is 0 Å². The maximum atomic E-state index is 12.8. The molecule has 5 nitrogen and oxygen atoms in total. The first-order chi connectivity index (χ1) is 14.3. The monoisotopic (exact) mass is 440 g/mol. The average molecular weight is 441 g/mol. The predicted octanol–water partition coefficient (Wildman–Crippen LogP) is 4.85. The molecule has 0 aromatic heterocycles. The quantitative estimate of drug-likeness (QED) is 0.514. The van der Waals surface area contributed by atoms with Crippen molar-refractivity contribution in [2.24, 2.45) is 0 Å². The highest BCUT2D eigenvalue weighted by Gasteiger charge is 2.33. The fourth-order valence-electron chi connectivity index (χ4n) is 3.31. The van der Waals surface area contributed by atoms with Crippen molar-refractivity contribution in [2.45, 2.75) is 27.7 Å². The summed E-state index contributed by atoms with van der Waals surface area (Å²) in [5, 5.41) is 2.92. The summed E-state index contributed by atoms with van der Waals surface area (Å²) in [6.07, 6.45) is 1.78. The van der Waals surface area contributed by atoms with E-state index in [1.54, 1.807) is 6.08 Å². The molecule has 1 aliphatic heterocycles. The number of hydrogen-bond donors (Lipinski definition) is 1. The van der Waals surface area contributed by atoms with Gasteiger partial charge >= 0.3 is 0 Å². The molecule has 2 amide bonds. The maximum absolute atomic E-state index is 12.8. The predicted molar refractivity (Wildman–Crippen MR) is 127 cm³/mol. The van der Waals surface area contributed by atoms with Crippen LogP contribution in [0.25, 0.3) is 6.08 Å². The molecule has 0 aliphatic carbocycles. The minimum atomic E-state index is -0.274. The van der Waals surface area contributed by atoms with Crippen LogP contribution >= 0.6 is 24.0 Å². The minimum Gasteiger partial charge on any atom is -0.494 e. The standard InChI is InChI=1S/C23H24N2O3S2/c1-5-28-18-8-6-17(7-9-18)12-19-22(27)25(23(29)30-19)13-20(26)24-21-15(3)10-14(2)11-16(21)4/h6-12H,5,13H2,1-4H3,(H,24,26). The van der Waals surface area contributed by atoms with Crippen LogP contribution in [-0.2, 0) is 9.59 Å². The lowest BCUT2D eigenvalue weighted by Crippen LogP contribution is -2.36. The molecule has 7 heteroatoms. The van der Waals surface area contributed by atoms with Gasteiger partial charge in [-0.1, -0.05) is 53.8 Å². The van der Waals surface area contributed by atoms with Gasteiger partial charge in [-0.3, -0.25) is 14.5 Å². The third kappa shape index (κ3) is 5.09. The number of amides is 2. The highest BCUT2D eigenvalue weighted by atomic mass is 32.2. The molecule has 2 aromatic carbocycles. The molecule has 30 heavy (non-hydrogen) atoms. The van der Waals surface area contributed by atoms with Gasteiger partial charge in [0.25, 0.3) is 5.91 Å². The van der Waals surface area contributed by atoms with Crippen molar-refractivity contribution < 1.29 is 14.3 Å². The molecule has 1 saturated heterocycles. The summed E-state index contributed by atoms with van der Waals surface area (Å²) in [7, 11) is 0. The van der Waals surface area contributed by atoms with Crippen molar-refractivity contribution >= 4 is 51.9 Å². The zero-order valence-electron chi connectivity index (χ0n) is 17.4. The molecule has 1 fully saturated rings. The normalized spacial score (nSPS) is 15.1. The number of rotatable bonds is 6. The van der Waals surface area contributed by atoms with Gasteiger partial charge in [-0.2, -0.15) is 0 Å². The number of carbonyl (C=O) groups is 2. The Morgan fingerprint density at radius 1 is 1.17 bits per heavy atom. The van der Waals surface area contributed by atoms with Crippen molar-refractivity contribution in [3.8, 4) is 5.75 Å². The van der Waals surface area contributed by atoms with Gasteiger partial charge in [0, 0.05) is 5.69 Å². The Hall–Kier alpha value is -2.64. The molecule has 0 saturated carbocycles. The second kappa shape index (κ2) is 9.45. The molecule has 0 spiro atoms. The number of benzene rings is 2. The van der Waals surface area contributed by atoms with Crippen LogP contribution in [0.4, 0.5) is 5.69 Å². The third-order valence-corrected chi connectivity index (χ3v) is 5.98. The summed E-state index contributed by atoms with van der Waals surface area (Å²) in [6.45, 7) is 8.34. The summed E-state index contributed by atoms with van der Waals surface area (Å²) in [5.74, 6) is 0.246. The fraction of sp³-hybridized carbons (Fsp3) is 0.261. The van der Waals surface area contributed by atoms with E-state index >= 15 is 0 Å². The largest absolute Gasteiger partial charge is 0.494 e. The lowest BCUT2D eigenvalue weighted by molar-refractivity contribution is -0.126. The molecule has 156 valence electrons. The first kappa shape index (κ1) is 22.1. The zero-order chi connectivity index (χ0) is 21.8.